The summed E-state index contributed by atoms with van der Waals surface area (Å²) in [6, 6.07) is 6.60. The molecule has 1 spiro atoms. The number of rotatable bonds is 5. The summed E-state index contributed by atoms with van der Waals surface area (Å²) in [4.78, 5) is 14.8. The highest BCUT2D eigenvalue weighted by Gasteiger charge is 2.78. The lowest BCUT2D eigenvalue weighted by atomic mass is 9.53. The van der Waals surface area contributed by atoms with Crippen LogP contribution in [-0.4, -0.2) is 59.0 Å². The van der Waals surface area contributed by atoms with E-state index in [0.29, 0.717) is 19.0 Å². The maximum atomic E-state index is 12.8. The Hall–Kier alpha value is -1.63. The standard InChI is InChI=1S/C24H33NO5/c1-14-5-4-10-23(2)11-19-20(21-24(14,23)30-21)17(22(28)29-19)12-25(3)13-18(27)15-6-8-16(26)9-7-15/h6-9,14,17-21,26-27H,4-5,10-13H2,1-3H3. The molecule has 0 amide bonds. The minimum Gasteiger partial charge on any atom is -0.508 e. The molecular weight excluding hydrogens is 382 g/mol. The molecule has 0 aromatic heterocycles. The average molecular weight is 416 g/mol. The SMILES string of the molecule is CC1CCCC2(C)CC3OC(=O)C(CN(C)CC(O)c4ccc(O)cc4)C3C3OC132. The van der Waals surface area contributed by atoms with Crippen molar-refractivity contribution in [3.8, 4) is 5.75 Å². The summed E-state index contributed by atoms with van der Waals surface area (Å²) in [6.45, 7) is 5.61. The zero-order chi connectivity index (χ0) is 21.3. The Labute approximate surface area is 178 Å². The number of aromatic hydroxyl groups is 1. The van der Waals surface area contributed by atoms with E-state index >= 15 is 0 Å². The fourth-order valence-electron chi connectivity index (χ4n) is 6.95. The number of carbonyl (C=O) groups is 1. The number of nitrogens with zero attached hydrogens (tertiary/aromatic N) is 1. The molecule has 2 saturated heterocycles. The Balaban J connectivity index is 1.29. The number of fused-ring (bicyclic) bond motifs is 2. The van der Waals surface area contributed by atoms with Gasteiger partial charge in [0.2, 0.25) is 0 Å². The van der Waals surface area contributed by atoms with Crippen LogP contribution in [0.15, 0.2) is 24.3 Å². The third-order valence-corrected chi connectivity index (χ3v) is 8.46. The van der Waals surface area contributed by atoms with Crippen molar-refractivity contribution in [1.82, 2.24) is 4.90 Å². The van der Waals surface area contributed by atoms with Crippen LogP contribution in [0.1, 0.15) is 51.2 Å². The predicted octanol–water partition coefficient (Wildman–Crippen LogP) is 2.88. The van der Waals surface area contributed by atoms with E-state index in [1.807, 2.05) is 11.9 Å². The fourth-order valence-corrected chi connectivity index (χ4v) is 6.95. The molecule has 4 aliphatic rings. The molecule has 0 radical (unpaired) electrons. The number of ether oxygens (including phenoxy) is 2. The van der Waals surface area contributed by atoms with Crippen molar-refractivity contribution < 1.29 is 24.5 Å². The monoisotopic (exact) mass is 415 g/mol. The number of phenolic OH excluding ortho intramolecular Hbond substituents is 1. The number of benzene rings is 1. The second-order valence-corrected chi connectivity index (χ2v) is 10.4. The van der Waals surface area contributed by atoms with Crippen molar-refractivity contribution in [1.29, 1.82) is 0 Å². The summed E-state index contributed by atoms with van der Waals surface area (Å²) >= 11 is 0. The quantitative estimate of drug-likeness (QED) is 0.568. The number of hydrogen-bond acceptors (Lipinski definition) is 6. The lowest BCUT2D eigenvalue weighted by molar-refractivity contribution is -0.146. The van der Waals surface area contributed by atoms with Crippen LogP contribution in [0.25, 0.3) is 0 Å². The van der Waals surface area contributed by atoms with Gasteiger partial charge in [0.25, 0.3) is 0 Å². The van der Waals surface area contributed by atoms with Gasteiger partial charge in [-0.25, -0.2) is 0 Å². The zero-order valence-electron chi connectivity index (χ0n) is 18.1. The van der Waals surface area contributed by atoms with E-state index in [1.54, 1.807) is 24.3 Å². The summed E-state index contributed by atoms with van der Waals surface area (Å²) in [6.07, 6.45) is 3.86. The van der Waals surface area contributed by atoms with E-state index < -0.39 is 6.10 Å². The Morgan fingerprint density at radius 3 is 2.77 bits per heavy atom. The number of aliphatic hydroxyl groups excluding tert-OH is 1. The third kappa shape index (κ3) is 2.91. The number of likely N-dealkylation sites (N-methyl/N-ethyl adjacent to an activating group) is 1. The van der Waals surface area contributed by atoms with Gasteiger partial charge in [0, 0.05) is 24.4 Å². The number of epoxide rings is 1. The largest absolute Gasteiger partial charge is 0.508 e. The third-order valence-electron chi connectivity index (χ3n) is 8.46. The first kappa shape index (κ1) is 20.3. The van der Waals surface area contributed by atoms with Gasteiger partial charge < -0.3 is 24.6 Å². The second kappa shape index (κ2) is 6.94. The molecule has 8 unspecified atom stereocenters. The summed E-state index contributed by atoms with van der Waals surface area (Å²) in [5, 5.41) is 20.0. The molecule has 164 valence electrons. The van der Waals surface area contributed by atoms with Gasteiger partial charge in [-0.05, 0) is 49.9 Å². The Bertz CT molecular complexity index is 827. The molecule has 6 nitrogen and oxygen atoms in total. The van der Waals surface area contributed by atoms with Crippen molar-refractivity contribution in [2.75, 3.05) is 20.1 Å². The highest BCUT2D eigenvalue weighted by atomic mass is 16.6. The van der Waals surface area contributed by atoms with Crippen LogP contribution in [0.3, 0.4) is 0 Å². The van der Waals surface area contributed by atoms with Gasteiger partial charge in [-0.2, -0.15) is 0 Å². The molecule has 2 N–H and O–H groups in total. The van der Waals surface area contributed by atoms with Gasteiger partial charge in [0.05, 0.1) is 18.1 Å². The maximum Gasteiger partial charge on any atom is 0.311 e. The van der Waals surface area contributed by atoms with Crippen LogP contribution in [0.2, 0.25) is 0 Å². The molecule has 5 rings (SSSR count). The highest BCUT2D eigenvalue weighted by Crippen LogP contribution is 2.70. The van der Waals surface area contributed by atoms with E-state index in [4.69, 9.17) is 9.47 Å². The number of esters is 1. The lowest BCUT2D eigenvalue weighted by Crippen LogP contribution is -2.54. The number of hydrogen-bond donors (Lipinski definition) is 2. The van der Waals surface area contributed by atoms with Crippen molar-refractivity contribution >= 4 is 5.97 Å². The molecule has 30 heavy (non-hydrogen) atoms. The number of aliphatic hydroxyl groups is 1. The number of phenols is 1. The van der Waals surface area contributed by atoms with Crippen LogP contribution in [0.4, 0.5) is 0 Å². The topological polar surface area (TPSA) is 82.5 Å². The summed E-state index contributed by atoms with van der Waals surface area (Å²) in [5.74, 6) is 0.484. The van der Waals surface area contributed by atoms with Crippen LogP contribution < -0.4 is 0 Å². The molecule has 2 heterocycles. The van der Waals surface area contributed by atoms with Gasteiger partial charge in [-0.1, -0.05) is 32.4 Å². The van der Waals surface area contributed by atoms with Crippen LogP contribution in [0, 0.1) is 23.2 Å². The first-order valence-corrected chi connectivity index (χ1v) is 11.3. The van der Waals surface area contributed by atoms with Gasteiger partial charge in [0.15, 0.2) is 0 Å². The first-order valence-electron chi connectivity index (χ1n) is 11.3. The van der Waals surface area contributed by atoms with Crippen molar-refractivity contribution in [3.63, 3.8) is 0 Å². The molecule has 2 saturated carbocycles. The first-order chi connectivity index (χ1) is 14.2. The van der Waals surface area contributed by atoms with Gasteiger partial charge >= 0.3 is 5.97 Å². The summed E-state index contributed by atoms with van der Waals surface area (Å²) in [7, 11) is 1.93. The van der Waals surface area contributed by atoms with Gasteiger partial charge in [0.1, 0.15) is 17.5 Å². The Morgan fingerprint density at radius 1 is 1.30 bits per heavy atom. The lowest BCUT2D eigenvalue weighted by Gasteiger charge is -2.49. The second-order valence-electron chi connectivity index (χ2n) is 10.4. The molecule has 1 aromatic carbocycles. The molecule has 4 fully saturated rings. The molecule has 8 atom stereocenters. The van der Waals surface area contributed by atoms with E-state index in [2.05, 4.69) is 13.8 Å². The zero-order valence-corrected chi connectivity index (χ0v) is 18.1. The minimum atomic E-state index is -0.680. The van der Waals surface area contributed by atoms with Crippen molar-refractivity contribution in [2.45, 2.75) is 63.4 Å². The molecule has 0 bridgehead atoms. The molecular formula is C24H33NO5. The summed E-state index contributed by atoms with van der Waals surface area (Å²) in [5.41, 5.74) is 0.774. The normalized spacial score (nSPS) is 42.8. The van der Waals surface area contributed by atoms with E-state index in [-0.39, 0.29) is 46.8 Å². The Morgan fingerprint density at radius 2 is 2.03 bits per heavy atom. The predicted molar refractivity (Wildman–Crippen MR) is 111 cm³/mol. The smallest absolute Gasteiger partial charge is 0.311 e. The van der Waals surface area contributed by atoms with E-state index in [9.17, 15) is 15.0 Å². The molecule has 2 aliphatic carbocycles. The maximum absolute atomic E-state index is 12.8. The van der Waals surface area contributed by atoms with Crippen molar-refractivity contribution in [2.24, 2.45) is 23.2 Å². The van der Waals surface area contributed by atoms with Gasteiger partial charge in [-0.15, -0.1) is 0 Å². The number of carbonyl (C=O) groups excluding carboxylic acids is 1. The van der Waals surface area contributed by atoms with Gasteiger partial charge in [-0.3, -0.25) is 4.79 Å². The van der Waals surface area contributed by atoms with E-state index in [1.165, 1.54) is 12.8 Å². The minimum absolute atomic E-state index is 0.0474. The molecule has 6 heteroatoms. The van der Waals surface area contributed by atoms with Crippen LogP contribution >= 0.6 is 0 Å². The fraction of sp³-hybridized carbons (Fsp3) is 0.708. The summed E-state index contributed by atoms with van der Waals surface area (Å²) < 4.78 is 12.4. The van der Waals surface area contributed by atoms with E-state index in [0.717, 1.165) is 18.4 Å². The van der Waals surface area contributed by atoms with Crippen LogP contribution in [-0.2, 0) is 14.3 Å². The molecule has 2 aliphatic heterocycles. The highest BCUT2D eigenvalue weighted by molar-refractivity contribution is 5.76. The van der Waals surface area contributed by atoms with Crippen LogP contribution in [0.5, 0.6) is 5.75 Å². The van der Waals surface area contributed by atoms with Crippen molar-refractivity contribution in [3.05, 3.63) is 29.8 Å². The average Bonchev–Trinajstić information content (AvgIpc) is 3.37. The Kier molecular flexibility index (Phi) is 4.69. The molecule has 1 aromatic rings.